The van der Waals surface area contributed by atoms with Crippen LogP contribution in [0.3, 0.4) is 0 Å². The first-order valence-corrected chi connectivity index (χ1v) is 8.36. The average molecular weight is 361 g/mol. The fourth-order valence-corrected chi connectivity index (χ4v) is 4.41. The lowest BCUT2D eigenvalue weighted by Crippen LogP contribution is -2.26. The Balaban J connectivity index is 2.04. The molecule has 0 spiro atoms. The minimum Gasteiger partial charge on any atom is -0.325 e. The SMILES string of the molecule is CC1(C)C(=O)Nc2ccc(C(Cl)c3cc(Cl)sc3Cl)cc21. The summed E-state index contributed by atoms with van der Waals surface area (Å²) in [6.45, 7) is 3.80. The lowest BCUT2D eigenvalue weighted by molar-refractivity contribution is -0.119. The van der Waals surface area contributed by atoms with Gasteiger partial charge in [-0.1, -0.05) is 35.3 Å². The van der Waals surface area contributed by atoms with Crippen LogP contribution >= 0.6 is 46.1 Å². The number of thiophene rings is 1. The molecule has 1 aliphatic rings. The highest BCUT2D eigenvalue weighted by Crippen LogP contribution is 2.44. The molecule has 1 aliphatic heterocycles. The summed E-state index contributed by atoms with van der Waals surface area (Å²) in [6.07, 6.45) is 0. The van der Waals surface area contributed by atoms with Crippen LogP contribution in [0.25, 0.3) is 0 Å². The average Bonchev–Trinajstić information content (AvgIpc) is 2.87. The van der Waals surface area contributed by atoms with Crippen LogP contribution in [0.4, 0.5) is 5.69 Å². The summed E-state index contributed by atoms with van der Waals surface area (Å²) in [7, 11) is 0. The summed E-state index contributed by atoms with van der Waals surface area (Å²) in [4.78, 5) is 12.0. The largest absolute Gasteiger partial charge is 0.325 e. The minimum absolute atomic E-state index is 0.00242. The summed E-state index contributed by atoms with van der Waals surface area (Å²) >= 11 is 20.0. The van der Waals surface area contributed by atoms with E-state index >= 15 is 0 Å². The monoisotopic (exact) mass is 359 g/mol. The Morgan fingerprint density at radius 1 is 1.24 bits per heavy atom. The van der Waals surface area contributed by atoms with E-state index < -0.39 is 10.8 Å². The number of rotatable bonds is 2. The number of amides is 1. The van der Waals surface area contributed by atoms with Gasteiger partial charge in [0.25, 0.3) is 0 Å². The van der Waals surface area contributed by atoms with Crippen molar-refractivity contribution in [1.29, 1.82) is 0 Å². The second-order valence-corrected chi connectivity index (χ2v) is 8.25. The molecule has 21 heavy (non-hydrogen) atoms. The Morgan fingerprint density at radius 2 is 1.95 bits per heavy atom. The third-order valence-corrected chi connectivity index (χ3v) is 5.79. The van der Waals surface area contributed by atoms with Crippen LogP contribution < -0.4 is 5.32 Å². The number of fused-ring (bicyclic) bond motifs is 1. The van der Waals surface area contributed by atoms with Gasteiger partial charge in [0.2, 0.25) is 5.91 Å². The van der Waals surface area contributed by atoms with Crippen molar-refractivity contribution in [2.75, 3.05) is 5.32 Å². The molecule has 0 saturated carbocycles. The molecule has 0 aliphatic carbocycles. The molecular formula is C15H12Cl3NOS. The maximum atomic E-state index is 12.0. The third-order valence-electron chi connectivity index (χ3n) is 3.78. The van der Waals surface area contributed by atoms with Gasteiger partial charge < -0.3 is 5.32 Å². The van der Waals surface area contributed by atoms with Gasteiger partial charge in [-0.2, -0.15) is 0 Å². The first kappa shape index (κ1) is 15.2. The number of nitrogens with one attached hydrogen (secondary N) is 1. The van der Waals surface area contributed by atoms with Gasteiger partial charge in [-0.05, 0) is 37.1 Å². The molecule has 0 bridgehead atoms. The summed E-state index contributed by atoms with van der Waals surface area (Å²) in [5.41, 5.74) is 2.93. The second-order valence-electron chi connectivity index (χ2n) is 5.53. The summed E-state index contributed by atoms with van der Waals surface area (Å²) in [6, 6.07) is 7.54. The lowest BCUT2D eigenvalue weighted by Gasteiger charge is -2.17. The zero-order valence-corrected chi connectivity index (χ0v) is 14.4. The van der Waals surface area contributed by atoms with Gasteiger partial charge in [0, 0.05) is 11.3 Å². The van der Waals surface area contributed by atoms with E-state index in [1.165, 1.54) is 11.3 Å². The highest BCUT2D eigenvalue weighted by molar-refractivity contribution is 7.20. The Morgan fingerprint density at radius 3 is 2.57 bits per heavy atom. The fraction of sp³-hybridized carbons (Fsp3) is 0.267. The molecular weight excluding hydrogens is 349 g/mol. The number of hydrogen-bond donors (Lipinski definition) is 1. The van der Waals surface area contributed by atoms with Crippen molar-refractivity contribution >= 4 is 57.7 Å². The van der Waals surface area contributed by atoms with Crippen LogP contribution in [0.2, 0.25) is 8.67 Å². The van der Waals surface area contributed by atoms with Crippen molar-refractivity contribution in [3.05, 3.63) is 49.6 Å². The van der Waals surface area contributed by atoms with Gasteiger partial charge in [-0.3, -0.25) is 4.79 Å². The lowest BCUT2D eigenvalue weighted by atomic mass is 9.85. The van der Waals surface area contributed by atoms with Crippen molar-refractivity contribution in [1.82, 2.24) is 0 Å². The van der Waals surface area contributed by atoms with E-state index in [4.69, 9.17) is 34.8 Å². The van der Waals surface area contributed by atoms with E-state index in [1.807, 2.05) is 32.0 Å². The first-order chi connectivity index (χ1) is 9.80. The fourth-order valence-electron chi connectivity index (χ4n) is 2.45. The van der Waals surface area contributed by atoms with Crippen LogP contribution in [0.5, 0.6) is 0 Å². The molecule has 1 aromatic carbocycles. The molecule has 1 aromatic heterocycles. The van der Waals surface area contributed by atoms with Crippen LogP contribution in [0.15, 0.2) is 24.3 Å². The molecule has 2 aromatic rings. The highest BCUT2D eigenvalue weighted by Gasteiger charge is 2.38. The van der Waals surface area contributed by atoms with Crippen molar-refractivity contribution in [2.45, 2.75) is 24.6 Å². The number of hydrogen-bond acceptors (Lipinski definition) is 2. The molecule has 0 saturated heterocycles. The maximum absolute atomic E-state index is 12.0. The van der Waals surface area contributed by atoms with E-state index in [0.29, 0.717) is 8.67 Å². The van der Waals surface area contributed by atoms with Gasteiger partial charge >= 0.3 is 0 Å². The summed E-state index contributed by atoms with van der Waals surface area (Å²) < 4.78 is 1.20. The van der Waals surface area contributed by atoms with Crippen molar-refractivity contribution in [3.8, 4) is 0 Å². The Hall–Kier alpha value is -0.740. The highest BCUT2D eigenvalue weighted by atomic mass is 35.5. The topological polar surface area (TPSA) is 29.1 Å². The molecule has 2 nitrogen and oxygen atoms in total. The smallest absolute Gasteiger partial charge is 0.234 e. The number of benzene rings is 1. The van der Waals surface area contributed by atoms with Crippen molar-refractivity contribution in [2.24, 2.45) is 0 Å². The molecule has 1 N–H and O–H groups in total. The Labute approximate surface area is 142 Å². The molecule has 3 rings (SSSR count). The first-order valence-electron chi connectivity index (χ1n) is 6.35. The maximum Gasteiger partial charge on any atom is 0.234 e. The molecule has 6 heteroatoms. The number of carbonyl (C=O) groups excluding carboxylic acids is 1. The zero-order valence-electron chi connectivity index (χ0n) is 11.3. The van der Waals surface area contributed by atoms with Gasteiger partial charge in [0.05, 0.1) is 19.5 Å². The van der Waals surface area contributed by atoms with Crippen LogP contribution in [0.1, 0.15) is 35.9 Å². The van der Waals surface area contributed by atoms with Gasteiger partial charge in [-0.15, -0.1) is 22.9 Å². The molecule has 1 atom stereocenters. The quantitative estimate of drug-likeness (QED) is 0.693. The van der Waals surface area contributed by atoms with Crippen LogP contribution in [-0.4, -0.2) is 5.91 Å². The minimum atomic E-state index is -0.558. The molecule has 0 radical (unpaired) electrons. The molecule has 2 heterocycles. The molecule has 1 unspecified atom stereocenters. The van der Waals surface area contributed by atoms with E-state index in [9.17, 15) is 4.79 Å². The molecule has 0 fully saturated rings. The standard InChI is InChI=1S/C15H12Cl3NOS/c1-15(2)9-5-7(3-4-10(9)19-14(15)20)12(17)8-6-11(16)21-13(8)18/h3-6,12H,1-2H3,(H,19,20). The van der Waals surface area contributed by atoms with Gasteiger partial charge in [0.1, 0.15) is 0 Å². The Bertz CT molecular complexity index is 739. The predicted octanol–water partition coefficient (Wildman–Crippen LogP) is 5.61. The Kier molecular flexibility index (Phi) is 3.73. The second kappa shape index (κ2) is 5.17. The molecule has 1 amide bonds. The van der Waals surface area contributed by atoms with E-state index in [1.54, 1.807) is 6.07 Å². The van der Waals surface area contributed by atoms with Crippen molar-refractivity contribution in [3.63, 3.8) is 0 Å². The van der Waals surface area contributed by atoms with Crippen LogP contribution in [-0.2, 0) is 10.2 Å². The summed E-state index contributed by atoms with van der Waals surface area (Å²) in [5, 5.41) is 2.49. The van der Waals surface area contributed by atoms with Gasteiger partial charge in [0.15, 0.2) is 0 Å². The van der Waals surface area contributed by atoms with Crippen LogP contribution in [0, 0.1) is 0 Å². The number of alkyl halides is 1. The summed E-state index contributed by atoms with van der Waals surface area (Å²) in [5.74, 6) is -0.00242. The van der Waals surface area contributed by atoms with E-state index in [-0.39, 0.29) is 5.91 Å². The normalized spacial score (nSPS) is 17.5. The number of carbonyl (C=O) groups is 1. The van der Waals surface area contributed by atoms with Gasteiger partial charge in [-0.25, -0.2) is 0 Å². The van der Waals surface area contributed by atoms with Crippen molar-refractivity contribution < 1.29 is 4.79 Å². The van der Waals surface area contributed by atoms with E-state index in [0.717, 1.165) is 22.4 Å². The predicted molar refractivity (Wildman–Crippen MR) is 90.1 cm³/mol. The zero-order chi connectivity index (χ0) is 15.4. The number of halogens is 3. The molecule has 110 valence electrons. The number of anilines is 1. The third kappa shape index (κ3) is 2.46. The van der Waals surface area contributed by atoms with E-state index in [2.05, 4.69) is 5.32 Å².